The van der Waals surface area contributed by atoms with Gasteiger partial charge < -0.3 is 9.80 Å². The third-order valence-corrected chi connectivity index (χ3v) is 6.38. The summed E-state index contributed by atoms with van der Waals surface area (Å²) >= 11 is 2.02. The van der Waals surface area contributed by atoms with Gasteiger partial charge in [-0.05, 0) is 52.0 Å². The van der Waals surface area contributed by atoms with Crippen molar-refractivity contribution in [3.8, 4) is 0 Å². The van der Waals surface area contributed by atoms with Crippen LogP contribution in [0.3, 0.4) is 0 Å². The van der Waals surface area contributed by atoms with Gasteiger partial charge in [-0.1, -0.05) is 18.2 Å². The highest BCUT2D eigenvalue weighted by Gasteiger charge is 2.40. The molecule has 1 unspecified atom stereocenters. The quantitative estimate of drug-likeness (QED) is 0.821. The van der Waals surface area contributed by atoms with Crippen molar-refractivity contribution in [2.24, 2.45) is 0 Å². The normalized spacial score (nSPS) is 23.9. The maximum Gasteiger partial charge on any atom is 0.0330 e. The summed E-state index contributed by atoms with van der Waals surface area (Å²) in [6, 6.07) is 8.93. The van der Waals surface area contributed by atoms with Crippen LogP contribution >= 0.6 is 11.8 Å². The Bertz CT molecular complexity index is 468. The van der Waals surface area contributed by atoms with Gasteiger partial charge >= 0.3 is 0 Å². The molecule has 20 heavy (non-hydrogen) atoms. The molecule has 3 rings (SSSR count). The van der Waals surface area contributed by atoms with Gasteiger partial charge in [0.25, 0.3) is 0 Å². The van der Waals surface area contributed by atoms with Gasteiger partial charge in [0.05, 0.1) is 0 Å². The van der Waals surface area contributed by atoms with E-state index in [1.165, 1.54) is 43.0 Å². The fourth-order valence-electron chi connectivity index (χ4n) is 3.66. The van der Waals surface area contributed by atoms with E-state index < -0.39 is 0 Å². The standard InChI is InChI=1S/C17H26N2S/c1-18(2)17(9-6-10-17)13-19(3)11-14-12-20-16-8-5-4-7-15(14)16/h4-5,7-8,14H,6,9-13H2,1-3H3. The molecule has 110 valence electrons. The first-order chi connectivity index (χ1) is 9.61. The lowest BCUT2D eigenvalue weighted by atomic mass is 9.75. The van der Waals surface area contributed by atoms with Crippen LogP contribution in [-0.2, 0) is 0 Å². The van der Waals surface area contributed by atoms with Crippen LogP contribution in [0.5, 0.6) is 0 Å². The first-order valence-corrected chi connectivity index (χ1v) is 8.67. The Morgan fingerprint density at radius 2 is 1.95 bits per heavy atom. The third-order valence-electron chi connectivity index (χ3n) is 5.13. The summed E-state index contributed by atoms with van der Waals surface area (Å²) in [6.07, 6.45) is 4.12. The molecule has 1 aromatic rings. The lowest BCUT2D eigenvalue weighted by Crippen LogP contribution is -2.57. The van der Waals surface area contributed by atoms with Crippen LogP contribution in [0.2, 0.25) is 0 Å². The molecular weight excluding hydrogens is 264 g/mol. The van der Waals surface area contributed by atoms with E-state index in [2.05, 4.69) is 55.2 Å². The number of fused-ring (bicyclic) bond motifs is 1. The molecule has 1 heterocycles. The summed E-state index contributed by atoms with van der Waals surface area (Å²) in [5, 5.41) is 0. The van der Waals surface area contributed by atoms with E-state index in [-0.39, 0.29) is 0 Å². The molecule has 0 aromatic heterocycles. The van der Waals surface area contributed by atoms with Crippen molar-refractivity contribution >= 4 is 11.8 Å². The summed E-state index contributed by atoms with van der Waals surface area (Å²) in [5.41, 5.74) is 2.01. The predicted molar refractivity (Wildman–Crippen MR) is 87.7 cm³/mol. The van der Waals surface area contributed by atoms with Crippen molar-refractivity contribution < 1.29 is 0 Å². The summed E-state index contributed by atoms with van der Waals surface area (Å²) in [4.78, 5) is 6.51. The Kier molecular flexibility index (Phi) is 4.11. The minimum atomic E-state index is 0.444. The molecule has 0 amide bonds. The number of rotatable bonds is 5. The molecule has 1 fully saturated rings. The summed E-state index contributed by atoms with van der Waals surface area (Å²) in [5.74, 6) is 1.96. The minimum Gasteiger partial charge on any atom is -0.304 e. The lowest BCUT2D eigenvalue weighted by molar-refractivity contribution is 0.0269. The molecule has 3 heteroatoms. The van der Waals surface area contributed by atoms with Gasteiger partial charge in [0.1, 0.15) is 0 Å². The van der Waals surface area contributed by atoms with Crippen LogP contribution in [0.25, 0.3) is 0 Å². The van der Waals surface area contributed by atoms with E-state index in [4.69, 9.17) is 0 Å². The predicted octanol–water partition coefficient (Wildman–Crippen LogP) is 3.29. The van der Waals surface area contributed by atoms with E-state index in [1.54, 1.807) is 5.56 Å². The van der Waals surface area contributed by atoms with Crippen molar-refractivity contribution in [3.05, 3.63) is 29.8 Å². The van der Waals surface area contributed by atoms with Crippen molar-refractivity contribution in [1.29, 1.82) is 0 Å². The van der Waals surface area contributed by atoms with Crippen LogP contribution in [0.4, 0.5) is 0 Å². The average molecular weight is 290 g/mol. The van der Waals surface area contributed by atoms with Crippen molar-refractivity contribution in [2.45, 2.75) is 35.6 Å². The maximum atomic E-state index is 2.56. The molecule has 2 nitrogen and oxygen atoms in total. The second-order valence-corrected chi connectivity index (χ2v) is 7.78. The van der Waals surface area contributed by atoms with Crippen molar-refractivity contribution in [2.75, 3.05) is 40.0 Å². The summed E-state index contributed by atoms with van der Waals surface area (Å²) in [6.45, 7) is 2.41. The zero-order valence-corrected chi connectivity index (χ0v) is 13.7. The Morgan fingerprint density at radius 3 is 2.60 bits per heavy atom. The van der Waals surface area contributed by atoms with E-state index in [1.807, 2.05) is 11.8 Å². The van der Waals surface area contributed by atoms with Crippen LogP contribution in [0.15, 0.2) is 29.2 Å². The Labute approximate surface area is 127 Å². The summed E-state index contributed by atoms with van der Waals surface area (Å²) < 4.78 is 0. The van der Waals surface area contributed by atoms with Gasteiger partial charge in [-0.2, -0.15) is 0 Å². The topological polar surface area (TPSA) is 6.48 Å². The molecule has 0 saturated heterocycles. The highest BCUT2D eigenvalue weighted by molar-refractivity contribution is 7.99. The zero-order valence-electron chi connectivity index (χ0n) is 12.9. The van der Waals surface area contributed by atoms with Crippen LogP contribution < -0.4 is 0 Å². The van der Waals surface area contributed by atoms with Gasteiger partial charge in [-0.15, -0.1) is 11.8 Å². The molecule has 1 aromatic carbocycles. The Hall–Kier alpha value is -0.510. The molecule has 1 atom stereocenters. The van der Waals surface area contributed by atoms with Gasteiger partial charge in [0, 0.05) is 35.2 Å². The fraction of sp³-hybridized carbons (Fsp3) is 0.647. The second kappa shape index (κ2) is 5.70. The second-order valence-electron chi connectivity index (χ2n) is 6.71. The lowest BCUT2D eigenvalue weighted by Gasteiger charge is -2.49. The molecule has 1 aliphatic heterocycles. The largest absolute Gasteiger partial charge is 0.304 e. The number of benzene rings is 1. The molecule has 1 saturated carbocycles. The van der Waals surface area contributed by atoms with Crippen LogP contribution in [0.1, 0.15) is 30.7 Å². The smallest absolute Gasteiger partial charge is 0.0330 e. The number of hydrogen-bond acceptors (Lipinski definition) is 3. The zero-order chi connectivity index (χ0) is 14.2. The van der Waals surface area contributed by atoms with Crippen LogP contribution in [0, 0.1) is 0 Å². The van der Waals surface area contributed by atoms with Gasteiger partial charge in [-0.3, -0.25) is 0 Å². The first kappa shape index (κ1) is 14.4. The highest BCUT2D eigenvalue weighted by atomic mass is 32.2. The van der Waals surface area contributed by atoms with E-state index in [0.717, 1.165) is 0 Å². The number of hydrogen-bond donors (Lipinski definition) is 0. The van der Waals surface area contributed by atoms with E-state index >= 15 is 0 Å². The van der Waals surface area contributed by atoms with Gasteiger partial charge in [-0.25, -0.2) is 0 Å². The average Bonchev–Trinajstić information content (AvgIpc) is 2.77. The Morgan fingerprint density at radius 1 is 1.20 bits per heavy atom. The van der Waals surface area contributed by atoms with Crippen LogP contribution in [-0.4, -0.2) is 55.3 Å². The molecule has 0 spiro atoms. The molecule has 0 radical (unpaired) electrons. The minimum absolute atomic E-state index is 0.444. The number of thioether (sulfide) groups is 1. The van der Waals surface area contributed by atoms with Crippen molar-refractivity contribution in [3.63, 3.8) is 0 Å². The number of nitrogens with zero attached hydrogens (tertiary/aromatic N) is 2. The highest BCUT2D eigenvalue weighted by Crippen LogP contribution is 2.41. The Balaban J connectivity index is 1.61. The molecule has 1 aliphatic carbocycles. The molecular formula is C17H26N2S. The van der Waals surface area contributed by atoms with E-state index in [9.17, 15) is 0 Å². The van der Waals surface area contributed by atoms with E-state index in [0.29, 0.717) is 11.5 Å². The van der Waals surface area contributed by atoms with Crippen molar-refractivity contribution in [1.82, 2.24) is 9.80 Å². The summed E-state index contributed by atoms with van der Waals surface area (Å²) in [7, 11) is 6.79. The monoisotopic (exact) mass is 290 g/mol. The van der Waals surface area contributed by atoms with Gasteiger partial charge in [0.15, 0.2) is 0 Å². The maximum absolute atomic E-state index is 2.56. The fourth-order valence-corrected chi connectivity index (χ4v) is 4.90. The first-order valence-electron chi connectivity index (χ1n) is 7.68. The third kappa shape index (κ3) is 2.63. The molecule has 0 N–H and O–H groups in total. The number of likely N-dealkylation sites (N-methyl/N-ethyl adjacent to an activating group) is 2. The van der Waals surface area contributed by atoms with Gasteiger partial charge in [0.2, 0.25) is 0 Å². The molecule has 0 bridgehead atoms. The SMILES string of the molecule is CN(CC1CSc2ccccc21)CC1(N(C)C)CCC1. The molecule has 2 aliphatic rings.